The third-order valence-electron chi connectivity index (χ3n) is 7.93. The van der Waals surface area contributed by atoms with E-state index in [0.29, 0.717) is 35.5 Å². The molecule has 0 radical (unpaired) electrons. The summed E-state index contributed by atoms with van der Waals surface area (Å²) in [5, 5.41) is 39.2. The minimum atomic E-state index is -3.69. The van der Waals surface area contributed by atoms with E-state index in [0.717, 1.165) is 73.6 Å². The Morgan fingerprint density at radius 2 is 0.767 bits per heavy atom. The molecule has 4 aromatic rings. The van der Waals surface area contributed by atoms with E-state index in [2.05, 4.69) is 0 Å². The predicted octanol–water partition coefficient (Wildman–Crippen LogP) is 8.03. The molecule has 0 aliphatic heterocycles. The molecule has 0 saturated carbocycles. The molecule has 0 heterocycles. The number of aromatic hydroxyl groups is 4. The van der Waals surface area contributed by atoms with E-state index in [9.17, 15) is 28.8 Å². The van der Waals surface area contributed by atoms with Crippen LogP contribution in [0.15, 0.2) is 94.7 Å². The number of hydrogen-bond acceptors (Lipinski definition) is 6. The highest BCUT2D eigenvalue weighted by Crippen LogP contribution is 2.30. The van der Waals surface area contributed by atoms with E-state index in [4.69, 9.17) is 0 Å². The van der Waals surface area contributed by atoms with Gasteiger partial charge < -0.3 is 20.4 Å². The maximum Gasteiger partial charge on any atom is 0.207 e. The summed E-state index contributed by atoms with van der Waals surface area (Å²) in [6.07, 6.45) is 9.96. The zero-order chi connectivity index (χ0) is 30.7. The van der Waals surface area contributed by atoms with Crippen molar-refractivity contribution >= 4 is 9.84 Å². The molecule has 0 aromatic heterocycles. The van der Waals surface area contributed by atoms with Crippen molar-refractivity contribution in [3.05, 3.63) is 107 Å². The zero-order valence-electron chi connectivity index (χ0n) is 24.6. The smallest absolute Gasteiger partial charge is 0.207 e. The third-order valence-corrected chi connectivity index (χ3v) is 9.89. The Morgan fingerprint density at radius 1 is 0.419 bits per heavy atom. The van der Waals surface area contributed by atoms with Crippen molar-refractivity contribution in [3.63, 3.8) is 0 Å². The van der Waals surface area contributed by atoms with Gasteiger partial charge in [-0.1, -0.05) is 62.1 Å². The molecule has 7 heteroatoms. The first-order valence-electron chi connectivity index (χ1n) is 15.2. The second kappa shape index (κ2) is 15.5. The van der Waals surface area contributed by atoms with Crippen molar-refractivity contribution < 1.29 is 28.8 Å². The van der Waals surface area contributed by atoms with Crippen molar-refractivity contribution in [1.82, 2.24) is 0 Å². The van der Waals surface area contributed by atoms with Gasteiger partial charge in [0.2, 0.25) is 9.84 Å². The minimum Gasteiger partial charge on any atom is -0.508 e. The second-order valence-corrected chi connectivity index (χ2v) is 13.1. The summed E-state index contributed by atoms with van der Waals surface area (Å²) in [5.41, 5.74) is 3.14. The van der Waals surface area contributed by atoms with Crippen LogP contribution in [0.25, 0.3) is 0 Å². The summed E-state index contributed by atoms with van der Waals surface area (Å²) in [4.78, 5) is 0.746. The average molecular weight is 603 g/mol. The Kier molecular flexibility index (Phi) is 11.5. The van der Waals surface area contributed by atoms with E-state index in [1.54, 1.807) is 36.4 Å². The van der Waals surface area contributed by atoms with E-state index in [1.807, 2.05) is 24.3 Å². The normalized spacial score (nSPS) is 11.5. The Hall–Kier alpha value is -3.97. The number of hydrogen-bond donors (Lipinski definition) is 4. The van der Waals surface area contributed by atoms with E-state index in [1.165, 1.54) is 24.3 Å². The quantitative estimate of drug-likeness (QED) is 0.0762. The Morgan fingerprint density at radius 3 is 1.16 bits per heavy atom. The number of phenols is 4. The zero-order valence-corrected chi connectivity index (χ0v) is 25.4. The lowest BCUT2D eigenvalue weighted by atomic mass is 10.0. The van der Waals surface area contributed by atoms with Gasteiger partial charge in [-0.3, -0.25) is 0 Å². The first kappa shape index (κ1) is 32.0. The molecule has 0 spiro atoms. The molecule has 4 rings (SSSR count). The Balaban J connectivity index is 1.29. The number of unbranched alkanes of at least 4 members (excludes halogenated alkanes) is 6. The monoisotopic (exact) mass is 602 g/mol. The van der Waals surface area contributed by atoms with Gasteiger partial charge in [-0.2, -0.15) is 0 Å². The lowest BCUT2D eigenvalue weighted by Gasteiger charge is -2.14. The third kappa shape index (κ3) is 9.01. The molecule has 0 aliphatic rings. The molecule has 6 nitrogen and oxygen atoms in total. The van der Waals surface area contributed by atoms with Gasteiger partial charge in [0, 0.05) is 0 Å². The molecule has 0 atom stereocenters. The van der Waals surface area contributed by atoms with Crippen LogP contribution >= 0.6 is 0 Å². The van der Waals surface area contributed by atoms with Gasteiger partial charge in [0.25, 0.3) is 0 Å². The minimum absolute atomic E-state index is 0.149. The van der Waals surface area contributed by atoms with E-state index in [-0.39, 0.29) is 23.0 Å². The van der Waals surface area contributed by atoms with Crippen LogP contribution in [-0.4, -0.2) is 28.8 Å². The number of phenolic OH excluding ortho intramolecular Hbond substituents is 4. The highest BCUT2D eigenvalue weighted by Gasteiger charge is 2.23. The maximum atomic E-state index is 13.9. The fourth-order valence-corrected chi connectivity index (χ4v) is 7.36. The molecule has 4 aromatic carbocycles. The van der Waals surface area contributed by atoms with Gasteiger partial charge in [0.15, 0.2) is 0 Å². The van der Waals surface area contributed by atoms with Gasteiger partial charge in [0.05, 0.1) is 9.79 Å². The summed E-state index contributed by atoms with van der Waals surface area (Å²) in [7, 11) is -3.69. The Bertz CT molecular complexity index is 1480. The van der Waals surface area contributed by atoms with Crippen molar-refractivity contribution in [1.29, 1.82) is 0 Å². The summed E-state index contributed by atoms with van der Waals surface area (Å²) >= 11 is 0. The van der Waals surface area contributed by atoms with Crippen LogP contribution in [-0.2, 0) is 35.5 Å². The molecule has 4 N–H and O–H groups in total. The molecule has 0 amide bonds. The predicted molar refractivity (Wildman–Crippen MR) is 170 cm³/mol. The molecule has 228 valence electrons. The van der Waals surface area contributed by atoms with E-state index < -0.39 is 9.84 Å². The topological polar surface area (TPSA) is 115 Å². The van der Waals surface area contributed by atoms with Crippen molar-refractivity contribution in [2.45, 2.75) is 86.8 Å². The maximum absolute atomic E-state index is 13.9. The first-order chi connectivity index (χ1) is 20.8. The van der Waals surface area contributed by atoms with Gasteiger partial charge >= 0.3 is 0 Å². The van der Waals surface area contributed by atoms with Crippen LogP contribution in [0.2, 0.25) is 0 Å². The number of sulfone groups is 1. The van der Waals surface area contributed by atoms with Crippen LogP contribution in [0.4, 0.5) is 0 Å². The van der Waals surface area contributed by atoms with Gasteiger partial charge in [-0.25, -0.2) is 8.42 Å². The van der Waals surface area contributed by atoms with E-state index >= 15 is 0 Å². The Labute approximate surface area is 255 Å². The van der Waals surface area contributed by atoms with Crippen LogP contribution in [0.3, 0.4) is 0 Å². The standard InChI is InChI=1S/C36H42O6S/c37-31-21-23-33(39)29(25-31)17-7-3-1-5-13-27-15-9-11-19-35(27)43(41,42)36-20-12-10-16-28(36)14-6-2-4-8-18-30-26-32(38)22-24-34(30)40/h9-12,15-16,19-26,37-40H,1-8,13-14,17-18H2. The number of benzene rings is 4. The molecule has 0 aliphatic carbocycles. The SMILES string of the molecule is O=S(=O)(c1ccccc1CCCCCCc1cc(O)ccc1O)c1ccccc1CCCCCCc1cc(O)ccc1O. The molecular formula is C36H42O6S. The van der Waals surface area contributed by atoms with Crippen LogP contribution < -0.4 is 0 Å². The van der Waals surface area contributed by atoms with Crippen molar-refractivity contribution in [2.24, 2.45) is 0 Å². The van der Waals surface area contributed by atoms with Crippen molar-refractivity contribution in [3.8, 4) is 23.0 Å². The average Bonchev–Trinajstić information content (AvgIpc) is 3.00. The molecule has 0 unspecified atom stereocenters. The largest absolute Gasteiger partial charge is 0.508 e. The summed E-state index contributed by atoms with van der Waals surface area (Å²) < 4.78 is 27.8. The molecular weight excluding hydrogens is 560 g/mol. The second-order valence-electron chi connectivity index (χ2n) is 11.2. The highest BCUT2D eigenvalue weighted by atomic mass is 32.2. The molecule has 0 saturated heterocycles. The van der Waals surface area contributed by atoms with Crippen LogP contribution in [0, 0.1) is 0 Å². The van der Waals surface area contributed by atoms with Gasteiger partial charge in [-0.15, -0.1) is 0 Å². The van der Waals surface area contributed by atoms with Gasteiger partial charge in [0.1, 0.15) is 23.0 Å². The summed E-state index contributed by atoms with van der Waals surface area (Å²) in [5.74, 6) is 0.692. The summed E-state index contributed by atoms with van der Waals surface area (Å²) in [6.45, 7) is 0. The van der Waals surface area contributed by atoms with Crippen molar-refractivity contribution in [2.75, 3.05) is 0 Å². The summed E-state index contributed by atoms with van der Waals surface area (Å²) in [6, 6.07) is 23.7. The highest BCUT2D eigenvalue weighted by molar-refractivity contribution is 7.91. The lowest BCUT2D eigenvalue weighted by Crippen LogP contribution is -2.09. The van der Waals surface area contributed by atoms with Crippen LogP contribution in [0.1, 0.15) is 73.6 Å². The van der Waals surface area contributed by atoms with Crippen LogP contribution in [0.5, 0.6) is 23.0 Å². The number of aryl methyl sites for hydroxylation is 4. The fraction of sp³-hybridized carbons (Fsp3) is 0.333. The van der Waals surface area contributed by atoms with Gasteiger partial charge in [-0.05, 0) is 122 Å². The number of rotatable bonds is 16. The first-order valence-corrected chi connectivity index (χ1v) is 16.7. The molecule has 43 heavy (non-hydrogen) atoms. The molecule has 0 bridgehead atoms. The fourth-order valence-electron chi connectivity index (χ4n) is 5.58. The molecule has 0 fully saturated rings. The lowest BCUT2D eigenvalue weighted by molar-refractivity contribution is 0.452.